The van der Waals surface area contributed by atoms with E-state index in [0.717, 1.165) is 11.1 Å². The molecule has 5 heteroatoms. The molecule has 142 valence electrons. The number of nitrogens with one attached hydrogen (secondary N) is 1. The molecule has 0 saturated carbocycles. The molecule has 0 bridgehead atoms. The van der Waals surface area contributed by atoms with Crippen LogP contribution in [0.3, 0.4) is 0 Å². The number of carbonyl (C=O) groups is 2. The van der Waals surface area contributed by atoms with Crippen LogP contribution in [0.25, 0.3) is 6.08 Å². The Labute approximate surface area is 164 Å². The van der Waals surface area contributed by atoms with Crippen molar-refractivity contribution in [1.29, 1.82) is 0 Å². The molecule has 1 heterocycles. The van der Waals surface area contributed by atoms with Gasteiger partial charge < -0.3 is 14.6 Å². The first-order chi connectivity index (χ1) is 13.5. The molecular formula is C23H22N2O3. The van der Waals surface area contributed by atoms with Gasteiger partial charge in [-0.15, -0.1) is 0 Å². The molecule has 28 heavy (non-hydrogen) atoms. The standard InChI is InChI=1S/C23H22N2O3/c1-17-9-6-7-12-19(17)16-25(2)23(27)21(15-20-13-8-14-28-20)24-22(26)18-10-4-3-5-11-18/h3-15H,16H2,1-2H3,(H,24,26)/b21-15-. The van der Waals surface area contributed by atoms with Crippen LogP contribution in [-0.2, 0) is 11.3 Å². The van der Waals surface area contributed by atoms with Crippen molar-refractivity contribution in [3.05, 3.63) is 101 Å². The number of furan rings is 1. The highest BCUT2D eigenvalue weighted by molar-refractivity contribution is 6.05. The first kappa shape index (κ1) is 19.2. The number of hydrogen-bond acceptors (Lipinski definition) is 3. The summed E-state index contributed by atoms with van der Waals surface area (Å²) in [5.41, 5.74) is 2.78. The molecule has 0 spiro atoms. The molecule has 1 N–H and O–H groups in total. The van der Waals surface area contributed by atoms with E-state index in [0.29, 0.717) is 17.9 Å². The van der Waals surface area contributed by atoms with E-state index in [2.05, 4.69) is 5.32 Å². The third-order valence-corrected chi connectivity index (χ3v) is 4.36. The van der Waals surface area contributed by atoms with Crippen molar-refractivity contribution in [1.82, 2.24) is 10.2 Å². The van der Waals surface area contributed by atoms with Crippen molar-refractivity contribution in [3.63, 3.8) is 0 Å². The van der Waals surface area contributed by atoms with Crippen molar-refractivity contribution < 1.29 is 14.0 Å². The normalized spacial score (nSPS) is 11.1. The van der Waals surface area contributed by atoms with Gasteiger partial charge in [0.1, 0.15) is 11.5 Å². The molecule has 0 aliphatic carbocycles. The smallest absolute Gasteiger partial charge is 0.270 e. The van der Waals surface area contributed by atoms with Gasteiger partial charge in [-0.05, 0) is 42.3 Å². The summed E-state index contributed by atoms with van der Waals surface area (Å²) in [6, 6.07) is 20.1. The van der Waals surface area contributed by atoms with Gasteiger partial charge in [0.2, 0.25) is 0 Å². The summed E-state index contributed by atoms with van der Waals surface area (Å²) in [7, 11) is 1.71. The van der Waals surface area contributed by atoms with Crippen molar-refractivity contribution in [3.8, 4) is 0 Å². The highest BCUT2D eigenvalue weighted by Gasteiger charge is 2.19. The molecule has 0 aliphatic heterocycles. The zero-order valence-electron chi connectivity index (χ0n) is 15.9. The minimum Gasteiger partial charge on any atom is -0.465 e. The maximum atomic E-state index is 13.1. The van der Waals surface area contributed by atoms with Crippen molar-refractivity contribution >= 4 is 17.9 Å². The lowest BCUT2D eigenvalue weighted by atomic mass is 10.1. The zero-order valence-corrected chi connectivity index (χ0v) is 15.9. The fraction of sp³-hybridized carbons (Fsp3) is 0.130. The van der Waals surface area contributed by atoms with E-state index < -0.39 is 0 Å². The van der Waals surface area contributed by atoms with Gasteiger partial charge in [-0.2, -0.15) is 0 Å². The van der Waals surface area contributed by atoms with Crippen LogP contribution in [0.4, 0.5) is 0 Å². The number of nitrogens with zero attached hydrogens (tertiary/aromatic N) is 1. The van der Waals surface area contributed by atoms with Gasteiger partial charge in [0.15, 0.2) is 0 Å². The molecule has 3 aromatic rings. The minimum atomic E-state index is -0.351. The topological polar surface area (TPSA) is 62.6 Å². The Bertz CT molecular complexity index is 976. The van der Waals surface area contributed by atoms with Gasteiger partial charge >= 0.3 is 0 Å². The third-order valence-electron chi connectivity index (χ3n) is 4.36. The summed E-state index contributed by atoms with van der Waals surface area (Å²) >= 11 is 0. The van der Waals surface area contributed by atoms with Crippen molar-refractivity contribution in [2.24, 2.45) is 0 Å². The number of amides is 2. The number of aryl methyl sites for hydroxylation is 1. The molecule has 0 atom stereocenters. The van der Waals surface area contributed by atoms with Crippen LogP contribution in [0.1, 0.15) is 27.2 Å². The first-order valence-corrected chi connectivity index (χ1v) is 8.96. The van der Waals surface area contributed by atoms with Gasteiger partial charge in [0, 0.05) is 25.2 Å². The Morgan fingerprint density at radius 2 is 1.71 bits per heavy atom. The highest BCUT2D eigenvalue weighted by Crippen LogP contribution is 2.13. The van der Waals surface area contributed by atoms with E-state index in [1.807, 2.05) is 37.3 Å². The van der Waals surface area contributed by atoms with Crippen LogP contribution in [-0.4, -0.2) is 23.8 Å². The fourth-order valence-corrected chi connectivity index (χ4v) is 2.77. The highest BCUT2D eigenvalue weighted by atomic mass is 16.3. The quantitative estimate of drug-likeness (QED) is 0.663. The van der Waals surface area contributed by atoms with E-state index >= 15 is 0 Å². The van der Waals surface area contributed by atoms with Crippen LogP contribution >= 0.6 is 0 Å². The predicted octanol–water partition coefficient (Wildman–Crippen LogP) is 4.02. The fourth-order valence-electron chi connectivity index (χ4n) is 2.77. The molecule has 0 radical (unpaired) electrons. The van der Waals surface area contributed by atoms with Crippen LogP contribution in [0.5, 0.6) is 0 Å². The average Bonchev–Trinajstić information content (AvgIpc) is 3.22. The average molecular weight is 374 g/mol. The molecule has 1 aromatic heterocycles. The lowest BCUT2D eigenvalue weighted by Gasteiger charge is -2.20. The molecular weight excluding hydrogens is 352 g/mol. The summed E-state index contributed by atoms with van der Waals surface area (Å²) in [4.78, 5) is 27.2. The van der Waals surface area contributed by atoms with Crippen molar-refractivity contribution in [2.75, 3.05) is 7.05 Å². The number of hydrogen-bond donors (Lipinski definition) is 1. The van der Waals surface area contributed by atoms with E-state index in [1.165, 1.54) is 12.3 Å². The Kier molecular flexibility index (Phi) is 6.07. The van der Waals surface area contributed by atoms with Crippen LogP contribution < -0.4 is 5.32 Å². The maximum Gasteiger partial charge on any atom is 0.270 e. The second kappa shape index (κ2) is 8.86. The van der Waals surface area contributed by atoms with Crippen LogP contribution in [0.2, 0.25) is 0 Å². The van der Waals surface area contributed by atoms with Gasteiger partial charge in [-0.25, -0.2) is 0 Å². The number of carbonyl (C=O) groups excluding carboxylic acids is 2. The second-order valence-corrected chi connectivity index (χ2v) is 6.48. The Morgan fingerprint density at radius 1 is 1.00 bits per heavy atom. The van der Waals surface area contributed by atoms with E-state index in [4.69, 9.17) is 4.42 Å². The summed E-state index contributed by atoms with van der Waals surface area (Å²) in [6.07, 6.45) is 3.06. The molecule has 0 aliphatic rings. The summed E-state index contributed by atoms with van der Waals surface area (Å²) in [6.45, 7) is 2.44. The molecule has 5 nitrogen and oxygen atoms in total. The van der Waals surface area contributed by atoms with Gasteiger partial charge in [0.05, 0.1) is 6.26 Å². The summed E-state index contributed by atoms with van der Waals surface area (Å²) < 4.78 is 5.32. The van der Waals surface area contributed by atoms with Crippen LogP contribution in [0, 0.1) is 6.92 Å². The Morgan fingerprint density at radius 3 is 2.39 bits per heavy atom. The third kappa shape index (κ3) is 4.76. The lowest BCUT2D eigenvalue weighted by molar-refractivity contribution is -0.126. The van der Waals surface area contributed by atoms with Gasteiger partial charge in [0.25, 0.3) is 11.8 Å². The molecule has 0 saturated heterocycles. The van der Waals surface area contributed by atoms with Gasteiger partial charge in [-0.3, -0.25) is 9.59 Å². The lowest BCUT2D eigenvalue weighted by Crippen LogP contribution is -2.36. The van der Waals surface area contributed by atoms with Crippen LogP contribution in [0.15, 0.2) is 83.1 Å². The first-order valence-electron chi connectivity index (χ1n) is 8.96. The van der Waals surface area contributed by atoms with E-state index in [1.54, 1.807) is 48.3 Å². The van der Waals surface area contributed by atoms with E-state index in [9.17, 15) is 9.59 Å². The predicted molar refractivity (Wildman–Crippen MR) is 108 cm³/mol. The molecule has 0 fully saturated rings. The molecule has 2 amide bonds. The number of likely N-dealkylation sites (N-methyl/N-ethyl adjacent to an activating group) is 1. The monoisotopic (exact) mass is 374 g/mol. The van der Waals surface area contributed by atoms with Crippen molar-refractivity contribution in [2.45, 2.75) is 13.5 Å². The Balaban J connectivity index is 1.83. The van der Waals surface area contributed by atoms with Gasteiger partial charge in [-0.1, -0.05) is 42.5 Å². The number of benzene rings is 2. The largest absolute Gasteiger partial charge is 0.465 e. The second-order valence-electron chi connectivity index (χ2n) is 6.48. The zero-order chi connectivity index (χ0) is 19.9. The van der Waals surface area contributed by atoms with E-state index in [-0.39, 0.29) is 17.5 Å². The number of rotatable bonds is 6. The summed E-state index contributed by atoms with van der Waals surface area (Å²) in [5.74, 6) is -0.166. The SMILES string of the molecule is Cc1ccccc1CN(C)C(=O)/C(=C/c1ccco1)NC(=O)c1ccccc1. The molecule has 2 aromatic carbocycles. The minimum absolute atomic E-state index is 0.153. The molecule has 3 rings (SSSR count). The molecule has 0 unspecified atom stereocenters. The summed E-state index contributed by atoms with van der Waals surface area (Å²) in [5, 5.41) is 2.72. The Hall–Kier alpha value is -3.60. The maximum absolute atomic E-state index is 13.1.